The standard InChI is InChI=1S/C13H16F2N2O2/c1-19-8-2-4-17(5-3-8)13(18)9-6-12(16)11(15)7-10(9)14/h6-8H,2-5,16H2,1H3. The van der Waals surface area contributed by atoms with Crippen LogP contribution in [-0.2, 0) is 4.74 Å². The van der Waals surface area contributed by atoms with Crippen LogP contribution in [0.15, 0.2) is 12.1 Å². The van der Waals surface area contributed by atoms with Crippen molar-refractivity contribution in [3.05, 3.63) is 29.3 Å². The summed E-state index contributed by atoms with van der Waals surface area (Å²) in [5.41, 5.74) is 4.96. The van der Waals surface area contributed by atoms with Gasteiger partial charge in [0.2, 0.25) is 0 Å². The molecule has 6 heteroatoms. The zero-order valence-corrected chi connectivity index (χ0v) is 10.7. The van der Waals surface area contributed by atoms with Crippen LogP contribution in [-0.4, -0.2) is 37.1 Å². The summed E-state index contributed by atoms with van der Waals surface area (Å²) in [4.78, 5) is 13.7. The molecule has 19 heavy (non-hydrogen) atoms. The van der Waals surface area contributed by atoms with E-state index in [4.69, 9.17) is 10.5 Å². The molecule has 0 unspecified atom stereocenters. The topological polar surface area (TPSA) is 55.6 Å². The number of nitrogens with zero attached hydrogens (tertiary/aromatic N) is 1. The number of piperidine rings is 1. The first kappa shape index (κ1) is 13.7. The molecule has 0 spiro atoms. The number of anilines is 1. The third-order valence-corrected chi connectivity index (χ3v) is 3.38. The van der Waals surface area contributed by atoms with Gasteiger partial charge in [-0.1, -0.05) is 0 Å². The van der Waals surface area contributed by atoms with Gasteiger partial charge in [0.05, 0.1) is 17.4 Å². The first-order valence-electron chi connectivity index (χ1n) is 6.09. The third kappa shape index (κ3) is 2.84. The number of likely N-dealkylation sites (tertiary alicyclic amines) is 1. The van der Waals surface area contributed by atoms with Crippen molar-refractivity contribution < 1.29 is 18.3 Å². The van der Waals surface area contributed by atoms with E-state index in [-0.39, 0.29) is 17.4 Å². The Morgan fingerprint density at radius 2 is 1.95 bits per heavy atom. The molecule has 1 aromatic rings. The number of halogens is 2. The van der Waals surface area contributed by atoms with E-state index >= 15 is 0 Å². The second kappa shape index (κ2) is 5.52. The lowest BCUT2D eigenvalue weighted by molar-refractivity contribution is 0.0348. The Hall–Kier alpha value is -1.69. The maximum absolute atomic E-state index is 13.6. The lowest BCUT2D eigenvalue weighted by Gasteiger charge is -2.31. The van der Waals surface area contributed by atoms with Gasteiger partial charge in [0, 0.05) is 26.3 Å². The fourth-order valence-corrected chi connectivity index (χ4v) is 2.19. The van der Waals surface area contributed by atoms with Gasteiger partial charge in [-0.15, -0.1) is 0 Å². The first-order chi connectivity index (χ1) is 9.02. The lowest BCUT2D eigenvalue weighted by Crippen LogP contribution is -2.41. The van der Waals surface area contributed by atoms with Crippen LogP contribution < -0.4 is 5.73 Å². The zero-order chi connectivity index (χ0) is 14.0. The van der Waals surface area contributed by atoms with E-state index in [1.54, 1.807) is 7.11 Å². The van der Waals surface area contributed by atoms with Gasteiger partial charge in [-0.2, -0.15) is 0 Å². The summed E-state index contributed by atoms with van der Waals surface area (Å²) in [6.45, 7) is 0.988. The maximum Gasteiger partial charge on any atom is 0.256 e. The second-order valence-corrected chi connectivity index (χ2v) is 4.58. The van der Waals surface area contributed by atoms with Gasteiger partial charge in [-0.05, 0) is 18.9 Å². The third-order valence-electron chi connectivity index (χ3n) is 3.38. The van der Waals surface area contributed by atoms with Crippen molar-refractivity contribution in [2.24, 2.45) is 0 Å². The van der Waals surface area contributed by atoms with Gasteiger partial charge >= 0.3 is 0 Å². The number of rotatable bonds is 2. The molecule has 2 rings (SSSR count). The number of hydrogen-bond acceptors (Lipinski definition) is 3. The van der Waals surface area contributed by atoms with Crippen LogP contribution in [0, 0.1) is 11.6 Å². The molecule has 0 aromatic heterocycles. The van der Waals surface area contributed by atoms with E-state index in [9.17, 15) is 13.6 Å². The second-order valence-electron chi connectivity index (χ2n) is 4.58. The van der Waals surface area contributed by atoms with Crippen LogP contribution in [0.25, 0.3) is 0 Å². The molecule has 0 saturated carbocycles. The number of carbonyl (C=O) groups is 1. The normalized spacial score (nSPS) is 16.7. The van der Waals surface area contributed by atoms with Crippen LogP contribution in [0.4, 0.5) is 14.5 Å². The average Bonchev–Trinajstić information content (AvgIpc) is 2.42. The molecule has 0 atom stereocenters. The molecule has 104 valence electrons. The monoisotopic (exact) mass is 270 g/mol. The van der Waals surface area contributed by atoms with E-state index < -0.39 is 17.5 Å². The number of ether oxygens (including phenoxy) is 1. The highest BCUT2D eigenvalue weighted by molar-refractivity contribution is 5.95. The molecule has 1 aliphatic rings. The van der Waals surface area contributed by atoms with Crippen molar-refractivity contribution >= 4 is 11.6 Å². The zero-order valence-electron chi connectivity index (χ0n) is 10.7. The van der Waals surface area contributed by atoms with E-state index in [0.717, 1.165) is 6.07 Å². The summed E-state index contributed by atoms with van der Waals surface area (Å²) >= 11 is 0. The maximum atomic E-state index is 13.6. The number of carbonyl (C=O) groups excluding carboxylic acids is 1. The smallest absolute Gasteiger partial charge is 0.256 e. The minimum absolute atomic E-state index is 0.132. The summed E-state index contributed by atoms with van der Waals surface area (Å²) in [6.07, 6.45) is 1.55. The SMILES string of the molecule is COC1CCN(C(=O)c2cc(N)c(F)cc2F)CC1. The molecule has 4 nitrogen and oxygen atoms in total. The molecule has 1 fully saturated rings. The van der Waals surface area contributed by atoms with Gasteiger partial charge in [-0.25, -0.2) is 8.78 Å². The number of nitrogens with two attached hydrogens (primary N) is 1. The number of benzene rings is 1. The van der Waals surface area contributed by atoms with Gasteiger partial charge in [0.1, 0.15) is 11.6 Å². The average molecular weight is 270 g/mol. The Balaban J connectivity index is 2.14. The largest absolute Gasteiger partial charge is 0.396 e. The molecule has 0 bridgehead atoms. The number of hydrogen-bond donors (Lipinski definition) is 1. The summed E-state index contributed by atoms with van der Waals surface area (Å²) < 4.78 is 31.9. The Morgan fingerprint density at radius 3 is 2.53 bits per heavy atom. The van der Waals surface area contributed by atoms with E-state index in [2.05, 4.69) is 0 Å². The van der Waals surface area contributed by atoms with Gasteiger partial charge in [0.25, 0.3) is 5.91 Å². The molecule has 1 aromatic carbocycles. The van der Waals surface area contributed by atoms with Crippen molar-refractivity contribution in [1.82, 2.24) is 4.90 Å². The van der Waals surface area contributed by atoms with E-state index in [0.29, 0.717) is 32.0 Å². The molecular formula is C13H16F2N2O2. The summed E-state index contributed by atoms with van der Waals surface area (Å²) in [6, 6.07) is 1.69. The van der Waals surface area contributed by atoms with Crippen LogP contribution in [0.5, 0.6) is 0 Å². The highest BCUT2D eigenvalue weighted by Crippen LogP contribution is 2.21. The first-order valence-corrected chi connectivity index (χ1v) is 6.09. The Kier molecular flexibility index (Phi) is 3.99. The van der Waals surface area contributed by atoms with Crippen LogP contribution in [0.3, 0.4) is 0 Å². The van der Waals surface area contributed by atoms with Crippen molar-refractivity contribution in [3.8, 4) is 0 Å². The summed E-state index contributed by atoms with van der Waals surface area (Å²) in [5, 5.41) is 0. The molecule has 1 aliphatic heterocycles. The number of amides is 1. The summed E-state index contributed by atoms with van der Waals surface area (Å²) in [7, 11) is 1.63. The van der Waals surface area contributed by atoms with Crippen LogP contribution >= 0.6 is 0 Å². The molecule has 0 radical (unpaired) electrons. The quantitative estimate of drug-likeness (QED) is 0.834. The minimum Gasteiger partial charge on any atom is -0.396 e. The van der Waals surface area contributed by atoms with Gasteiger partial charge < -0.3 is 15.4 Å². The highest BCUT2D eigenvalue weighted by atomic mass is 19.1. The predicted octanol–water partition coefficient (Wildman–Crippen LogP) is 1.80. The molecule has 0 aliphatic carbocycles. The highest BCUT2D eigenvalue weighted by Gasteiger charge is 2.25. The van der Waals surface area contributed by atoms with E-state index in [1.165, 1.54) is 4.90 Å². The Morgan fingerprint density at radius 1 is 1.32 bits per heavy atom. The van der Waals surface area contributed by atoms with Crippen molar-refractivity contribution in [2.45, 2.75) is 18.9 Å². The fourth-order valence-electron chi connectivity index (χ4n) is 2.19. The molecule has 1 amide bonds. The van der Waals surface area contributed by atoms with Crippen molar-refractivity contribution in [3.63, 3.8) is 0 Å². The number of nitrogen functional groups attached to an aromatic ring is 1. The Bertz CT molecular complexity index is 486. The fraction of sp³-hybridized carbons (Fsp3) is 0.462. The van der Waals surface area contributed by atoms with Crippen LogP contribution in [0.2, 0.25) is 0 Å². The van der Waals surface area contributed by atoms with Crippen molar-refractivity contribution in [1.29, 1.82) is 0 Å². The minimum atomic E-state index is -0.884. The van der Waals surface area contributed by atoms with E-state index in [1.807, 2.05) is 0 Å². The van der Waals surface area contributed by atoms with Gasteiger partial charge in [-0.3, -0.25) is 4.79 Å². The number of methoxy groups -OCH3 is 1. The lowest BCUT2D eigenvalue weighted by atomic mass is 10.1. The Labute approximate surface area is 110 Å². The molecular weight excluding hydrogens is 254 g/mol. The molecule has 2 N–H and O–H groups in total. The molecule has 1 saturated heterocycles. The van der Waals surface area contributed by atoms with Crippen molar-refractivity contribution in [2.75, 3.05) is 25.9 Å². The predicted molar refractivity (Wildman–Crippen MR) is 66.7 cm³/mol. The van der Waals surface area contributed by atoms with Gasteiger partial charge in [0.15, 0.2) is 0 Å². The summed E-state index contributed by atoms with van der Waals surface area (Å²) in [5.74, 6) is -2.20. The van der Waals surface area contributed by atoms with Crippen LogP contribution in [0.1, 0.15) is 23.2 Å². The molecule has 1 heterocycles.